The number of aromatic nitrogens is 2. The first-order valence-corrected chi connectivity index (χ1v) is 5.41. The molecule has 0 amide bonds. The summed E-state index contributed by atoms with van der Waals surface area (Å²) in [5, 5.41) is 4.06. The van der Waals surface area contributed by atoms with Gasteiger partial charge in [-0.15, -0.1) is 0 Å². The zero-order chi connectivity index (χ0) is 12.3. The maximum Gasteiger partial charge on any atom is 0.435 e. The molecule has 17 heavy (non-hydrogen) atoms. The van der Waals surface area contributed by atoms with Crippen LogP contribution in [0, 0.1) is 13.8 Å². The lowest BCUT2D eigenvalue weighted by Crippen LogP contribution is -2.14. The van der Waals surface area contributed by atoms with Crippen LogP contribution in [0.4, 0.5) is 4.79 Å². The number of hydrogen-bond donors (Lipinski definition) is 0. The molecule has 0 spiro atoms. The van der Waals surface area contributed by atoms with Gasteiger partial charge in [0.2, 0.25) is 0 Å². The molecule has 88 valence electrons. The number of carbonyl (C=O) groups excluding carboxylic acids is 1. The molecule has 0 bridgehead atoms. The zero-order valence-electron chi connectivity index (χ0n) is 9.88. The van der Waals surface area contributed by atoms with E-state index in [-0.39, 0.29) is 6.61 Å². The molecule has 0 aliphatic carbocycles. The zero-order valence-corrected chi connectivity index (χ0v) is 9.88. The highest BCUT2D eigenvalue weighted by Crippen LogP contribution is 2.05. The Kier molecular flexibility index (Phi) is 3.23. The summed E-state index contributed by atoms with van der Waals surface area (Å²) in [6.07, 6.45) is 1.22. The number of rotatable bonds is 2. The van der Waals surface area contributed by atoms with Crippen molar-refractivity contribution < 1.29 is 9.53 Å². The SMILES string of the molecule is Cc1cn(C(=O)OCc2ccccc2)nc1C. The van der Waals surface area contributed by atoms with Crippen LogP contribution >= 0.6 is 0 Å². The Morgan fingerprint density at radius 1 is 1.29 bits per heavy atom. The first kappa shape index (κ1) is 11.4. The van der Waals surface area contributed by atoms with Gasteiger partial charge in [0.15, 0.2) is 0 Å². The molecule has 0 atom stereocenters. The third-order valence-electron chi connectivity index (χ3n) is 2.54. The fourth-order valence-corrected chi connectivity index (χ4v) is 1.43. The Balaban J connectivity index is 1.98. The van der Waals surface area contributed by atoms with Crippen LogP contribution in [0.5, 0.6) is 0 Å². The molecular weight excluding hydrogens is 216 g/mol. The summed E-state index contributed by atoms with van der Waals surface area (Å²) >= 11 is 0. The smallest absolute Gasteiger partial charge is 0.435 e. The summed E-state index contributed by atoms with van der Waals surface area (Å²) in [6.45, 7) is 4.03. The van der Waals surface area contributed by atoms with E-state index in [1.807, 2.05) is 44.2 Å². The second kappa shape index (κ2) is 4.82. The molecule has 0 aliphatic heterocycles. The summed E-state index contributed by atoms with van der Waals surface area (Å²) in [5.74, 6) is 0. The predicted molar refractivity (Wildman–Crippen MR) is 63.7 cm³/mol. The van der Waals surface area contributed by atoms with Gasteiger partial charge in [0, 0.05) is 6.20 Å². The molecule has 2 rings (SSSR count). The van der Waals surface area contributed by atoms with E-state index >= 15 is 0 Å². The molecule has 2 aromatic rings. The van der Waals surface area contributed by atoms with Gasteiger partial charge < -0.3 is 4.74 Å². The van der Waals surface area contributed by atoms with Gasteiger partial charge in [-0.25, -0.2) is 4.79 Å². The van der Waals surface area contributed by atoms with Crippen LogP contribution in [0.25, 0.3) is 0 Å². The Labute approximate surface area is 99.8 Å². The lowest BCUT2D eigenvalue weighted by molar-refractivity contribution is 0.137. The summed E-state index contributed by atoms with van der Waals surface area (Å²) in [5.41, 5.74) is 2.77. The van der Waals surface area contributed by atoms with Crippen molar-refractivity contribution in [3.8, 4) is 0 Å². The van der Waals surface area contributed by atoms with Crippen LogP contribution in [-0.4, -0.2) is 15.9 Å². The second-order valence-corrected chi connectivity index (χ2v) is 3.88. The van der Waals surface area contributed by atoms with E-state index < -0.39 is 6.09 Å². The maximum atomic E-state index is 11.7. The van der Waals surface area contributed by atoms with Crippen LogP contribution in [-0.2, 0) is 11.3 Å². The number of ether oxygens (including phenoxy) is 1. The molecule has 0 aliphatic rings. The molecule has 0 saturated carbocycles. The van der Waals surface area contributed by atoms with Crippen molar-refractivity contribution in [3.05, 3.63) is 53.3 Å². The van der Waals surface area contributed by atoms with Gasteiger partial charge in [-0.3, -0.25) is 0 Å². The minimum atomic E-state index is -0.454. The van der Waals surface area contributed by atoms with Crippen molar-refractivity contribution >= 4 is 6.09 Å². The van der Waals surface area contributed by atoms with Gasteiger partial charge in [-0.05, 0) is 25.0 Å². The van der Waals surface area contributed by atoms with E-state index in [2.05, 4.69) is 5.10 Å². The Bertz CT molecular complexity index is 498. The number of aryl methyl sites for hydroxylation is 2. The fourth-order valence-electron chi connectivity index (χ4n) is 1.43. The van der Waals surface area contributed by atoms with Gasteiger partial charge in [0.05, 0.1) is 5.69 Å². The number of carbonyl (C=O) groups is 1. The summed E-state index contributed by atoms with van der Waals surface area (Å²) in [6, 6.07) is 9.56. The van der Waals surface area contributed by atoms with Crippen molar-refractivity contribution in [2.24, 2.45) is 0 Å². The normalized spacial score (nSPS) is 10.2. The molecule has 0 fully saturated rings. The molecule has 0 unspecified atom stereocenters. The molecule has 0 saturated heterocycles. The average molecular weight is 230 g/mol. The molecule has 1 aromatic carbocycles. The molecular formula is C13H14N2O2. The van der Waals surface area contributed by atoms with E-state index in [0.29, 0.717) is 0 Å². The van der Waals surface area contributed by atoms with Crippen LogP contribution in [0.2, 0.25) is 0 Å². The standard InChI is InChI=1S/C13H14N2O2/c1-10-8-15(14-11(10)2)13(16)17-9-12-6-4-3-5-7-12/h3-8H,9H2,1-2H3. The second-order valence-electron chi connectivity index (χ2n) is 3.88. The van der Waals surface area contributed by atoms with Crippen LogP contribution in [0.1, 0.15) is 16.8 Å². The van der Waals surface area contributed by atoms with E-state index in [4.69, 9.17) is 4.74 Å². The third-order valence-corrected chi connectivity index (χ3v) is 2.54. The van der Waals surface area contributed by atoms with Gasteiger partial charge in [0.1, 0.15) is 6.61 Å². The van der Waals surface area contributed by atoms with Crippen molar-refractivity contribution in [1.82, 2.24) is 9.78 Å². The highest BCUT2D eigenvalue weighted by atomic mass is 16.6. The summed E-state index contributed by atoms with van der Waals surface area (Å²) < 4.78 is 6.37. The van der Waals surface area contributed by atoms with Crippen molar-refractivity contribution in [2.45, 2.75) is 20.5 Å². The number of benzene rings is 1. The molecule has 4 heteroatoms. The molecule has 1 aromatic heterocycles. The van der Waals surface area contributed by atoms with Crippen molar-refractivity contribution in [2.75, 3.05) is 0 Å². The van der Waals surface area contributed by atoms with Crippen molar-refractivity contribution in [3.63, 3.8) is 0 Å². The van der Waals surface area contributed by atoms with Crippen LogP contribution in [0.15, 0.2) is 36.5 Å². The van der Waals surface area contributed by atoms with Gasteiger partial charge in [0.25, 0.3) is 0 Å². The van der Waals surface area contributed by atoms with Crippen molar-refractivity contribution in [1.29, 1.82) is 0 Å². The highest BCUT2D eigenvalue weighted by Gasteiger charge is 2.09. The predicted octanol–water partition coefficient (Wildman–Crippen LogP) is 2.68. The van der Waals surface area contributed by atoms with Gasteiger partial charge in [-0.2, -0.15) is 9.78 Å². The minimum absolute atomic E-state index is 0.262. The largest absolute Gasteiger partial charge is 0.443 e. The number of nitrogens with zero attached hydrogens (tertiary/aromatic N) is 2. The minimum Gasteiger partial charge on any atom is -0.443 e. The lowest BCUT2D eigenvalue weighted by Gasteiger charge is -2.03. The average Bonchev–Trinajstić information content (AvgIpc) is 2.68. The Morgan fingerprint density at radius 3 is 2.59 bits per heavy atom. The monoisotopic (exact) mass is 230 g/mol. The Morgan fingerprint density at radius 2 is 2.00 bits per heavy atom. The van der Waals surface area contributed by atoms with Gasteiger partial charge in [-0.1, -0.05) is 30.3 Å². The lowest BCUT2D eigenvalue weighted by atomic mass is 10.2. The molecule has 0 radical (unpaired) electrons. The molecule has 0 N–H and O–H groups in total. The van der Waals surface area contributed by atoms with E-state index in [0.717, 1.165) is 16.8 Å². The third kappa shape index (κ3) is 2.72. The van der Waals surface area contributed by atoms with Crippen LogP contribution < -0.4 is 0 Å². The van der Waals surface area contributed by atoms with E-state index in [1.165, 1.54) is 4.68 Å². The molecule has 4 nitrogen and oxygen atoms in total. The fraction of sp³-hybridized carbons (Fsp3) is 0.231. The number of hydrogen-bond acceptors (Lipinski definition) is 3. The highest BCUT2D eigenvalue weighted by molar-refractivity contribution is 5.69. The topological polar surface area (TPSA) is 44.1 Å². The maximum absolute atomic E-state index is 11.7. The first-order valence-electron chi connectivity index (χ1n) is 5.41. The van der Waals surface area contributed by atoms with E-state index in [1.54, 1.807) is 6.20 Å². The Hall–Kier alpha value is -2.10. The van der Waals surface area contributed by atoms with Gasteiger partial charge >= 0.3 is 6.09 Å². The summed E-state index contributed by atoms with van der Waals surface area (Å²) in [4.78, 5) is 11.7. The quantitative estimate of drug-likeness (QED) is 0.796. The van der Waals surface area contributed by atoms with E-state index in [9.17, 15) is 4.79 Å². The first-order chi connectivity index (χ1) is 8.16. The molecule has 1 heterocycles. The summed E-state index contributed by atoms with van der Waals surface area (Å²) in [7, 11) is 0. The van der Waals surface area contributed by atoms with Crippen LogP contribution in [0.3, 0.4) is 0 Å².